The van der Waals surface area contributed by atoms with Crippen LogP contribution in [-0.2, 0) is 5.41 Å². The number of para-hydroxylation sites is 1. The topological polar surface area (TPSA) is 43.6 Å². The van der Waals surface area contributed by atoms with Crippen molar-refractivity contribution in [3.63, 3.8) is 0 Å². The zero-order valence-corrected chi connectivity index (χ0v) is 31.1. The van der Waals surface area contributed by atoms with Crippen LogP contribution >= 0.6 is 0 Å². The van der Waals surface area contributed by atoms with E-state index in [4.69, 9.17) is 15.0 Å². The van der Waals surface area contributed by atoms with Gasteiger partial charge < -0.3 is 4.57 Å². The summed E-state index contributed by atoms with van der Waals surface area (Å²) < 4.78 is 2.48. The summed E-state index contributed by atoms with van der Waals surface area (Å²) in [5.41, 5.74) is 13.9. The highest BCUT2D eigenvalue weighted by Crippen LogP contribution is 2.56. The van der Waals surface area contributed by atoms with Crippen molar-refractivity contribution in [2.75, 3.05) is 0 Å². The molecule has 2 aromatic heterocycles. The highest BCUT2D eigenvalue weighted by molar-refractivity contribution is 6.27. The molecule has 4 heteroatoms. The molecule has 0 bridgehead atoms. The molecule has 0 unspecified atom stereocenters. The first-order valence-electron chi connectivity index (χ1n) is 19.2. The average Bonchev–Trinajstić information content (AvgIpc) is 3.73. The maximum absolute atomic E-state index is 5.09. The largest absolute Gasteiger partial charge is 0.309 e. The molecule has 10 aromatic rings. The second-order valence-corrected chi connectivity index (χ2v) is 15.2. The van der Waals surface area contributed by atoms with E-state index in [9.17, 15) is 0 Å². The summed E-state index contributed by atoms with van der Waals surface area (Å²) in [4.78, 5) is 15.1. The number of benzene rings is 8. The normalized spacial score (nSPS) is 13.0. The Balaban J connectivity index is 1.09. The van der Waals surface area contributed by atoms with Crippen molar-refractivity contribution >= 4 is 32.6 Å². The van der Waals surface area contributed by atoms with Gasteiger partial charge in [-0.2, -0.15) is 0 Å². The lowest BCUT2D eigenvalue weighted by atomic mass is 9.80. The Morgan fingerprint density at radius 3 is 1.54 bits per heavy atom. The number of rotatable bonds is 5. The van der Waals surface area contributed by atoms with E-state index >= 15 is 0 Å². The Morgan fingerprint density at radius 2 is 0.875 bits per heavy atom. The van der Waals surface area contributed by atoms with Crippen LogP contribution in [0.4, 0.5) is 0 Å². The van der Waals surface area contributed by atoms with Crippen molar-refractivity contribution in [3.8, 4) is 62.1 Å². The third-order valence-electron chi connectivity index (χ3n) is 11.6. The predicted octanol–water partition coefficient (Wildman–Crippen LogP) is 13.1. The zero-order valence-electron chi connectivity index (χ0n) is 31.1. The van der Waals surface area contributed by atoms with E-state index in [-0.39, 0.29) is 5.41 Å². The van der Waals surface area contributed by atoms with Crippen molar-refractivity contribution in [3.05, 3.63) is 193 Å². The molecule has 0 radical (unpaired) electrons. The van der Waals surface area contributed by atoms with Crippen molar-refractivity contribution < 1.29 is 0 Å². The molecule has 0 spiro atoms. The fraction of sp³-hybridized carbons (Fsp3) is 0.0577. The molecule has 0 fully saturated rings. The molecule has 0 saturated carbocycles. The Hall–Kier alpha value is -7.17. The predicted molar refractivity (Wildman–Crippen MR) is 231 cm³/mol. The second-order valence-electron chi connectivity index (χ2n) is 15.2. The van der Waals surface area contributed by atoms with Gasteiger partial charge in [0.1, 0.15) is 0 Å². The van der Waals surface area contributed by atoms with E-state index in [1.165, 1.54) is 60.4 Å². The maximum atomic E-state index is 5.09. The van der Waals surface area contributed by atoms with Gasteiger partial charge in [0.25, 0.3) is 0 Å². The van der Waals surface area contributed by atoms with E-state index < -0.39 is 0 Å². The Morgan fingerprint density at radius 1 is 0.411 bits per heavy atom. The molecule has 1 aliphatic rings. The smallest absolute Gasteiger partial charge is 0.164 e. The first-order valence-corrected chi connectivity index (χ1v) is 19.2. The molecular formula is C52H36N4. The third-order valence-corrected chi connectivity index (χ3v) is 11.6. The lowest BCUT2D eigenvalue weighted by Crippen LogP contribution is -2.16. The first kappa shape index (κ1) is 32.3. The monoisotopic (exact) mass is 716 g/mol. The van der Waals surface area contributed by atoms with Crippen molar-refractivity contribution in [1.82, 2.24) is 19.5 Å². The highest BCUT2D eigenvalue weighted by atomic mass is 15.0. The van der Waals surface area contributed by atoms with Gasteiger partial charge in [-0.15, -0.1) is 0 Å². The van der Waals surface area contributed by atoms with Gasteiger partial charge in [0.2, 0.25) is 0 Å². The van der Waals surface area contributed by atoms with E-state index in [1.807, 2.05) is 24.3 Å². The van der Waals surface area contributed by atoms with Crippen molar-refractivity contribution in [2.24, 2.45) is 0 Å². The lowest BCUT2D eigenvalue weighted by Gasteiger charge is -2.24. The van der Waals surface area contributed by atoms with E-state index in [2.05, 4.69) is 176 Å². The Labute approximate surface area is 325 Å². The van der Waals surface area contributed by atoms with Crippen LogP contribution in [0.5, 0.6) is 0 Å². The van der Waals surface area contributed by atoms with Crippen LogP contribution in [0, 0.1) is 0 Å². The molecule has 0 saturated heterocycles. The van der Waals surface area contributed by atoms with Crippen molar-refractivity contribution in [1.29, 1.82) is 0 Å². The van der Waals surface area contributed by atoms with Crippen LogP contribution in [-0.4, -0.2) is 19.5 Å². The van der Waals surface area contributed by atoms with Crippen LogP contribution in [0.25, 0.3) is 94.7 Å². The Bertz CT molecular complexity index is 3120. The molecule has 264 valence electrons. The molecule has 8 aromatic carbocycles. The van der Waals surface area contributed by atoms with Crippen LogP contribution < -0.4 is 0 Å². The van der Waals surface area contributed by atoms with Crippen LogP contribution in [0.1, 0.15) is 25.0 Å². The minimum Gasteiger partial charge on any atom is -0.309 e. The maximum Gasteiger partial charge on any atom is 0.164 e. The molecule has 0 N–H and O–H groups in total. The molecular weight excluding hydrogens is 681 g/mol. The van der Waals surface area contributed by atoms with Crippen LogP contribution in [0.3, 0.4) is 0 Å². The van der Waals surface area contributed by atoms with E-state index in [1.54, 1.807) is 0 Å². The SMILES string of the molecule is CC1(C)c2ccccc2-c2c1c1c(c3ccccc23)c2ccccc2n1-c1ccc(-c2nc(-c3ccccc3)nc(-c3ccc(-c4ccccc4)cc3)n2)cc1. The summed E-state index contributed by atoms with van der Waals surface area (Å²) in [5.74, 6) is 1.93. The molecule has 0 amide bonds. The van der Waals surface area contributed by atoms with Gasteiger partial charge in [-0.05, 0) is 74.5 Å². The second kappa shape index (κ2) is 12.4. The number of nitrogens with zero attached hydrogens (tertiary/aromatic N) is 4. The minimum absolute atomic E-state index is 0.200. The number of aromatic nitrogens is 4. The van der Waals surface area contributed by atoms with Crippen molar-refractivity contribution in [2.45, 2.75) is 19.3 Å². The Kier molecular flexibility index (Phi) is 7.17. The summed E-state index contributed by atoms with van der Waals surface area (Å²) in [6.07, 6.45) is 0. The fourth-order valence-electron chi connectivity index (χ4n) is 9.01. The quantitative estimate of drug-likeness (QED) is 0.178. The number of hydrogen-bond donors (Lipinski definition) is 0. The van der Waals surface area contributed by atoms with Crippen LogP contribution in [0.2, 0.25) is 0 Å². The summed E-state index contributed by atoms with van der Waals surface area (Å²) in [6.45, 7) is 4.77. The van der Waals surface area contributed by atoms with Crippen LogP contribution in [0.15, 0.2) is 182 Å². The minimum atomic E-state index is -0.200. The van der Waals surface area contributed by atoms with Gasteiger partial charge in [0.05, 0.1) is 11.0 Å². The molecule has 2 heterocycles. The molecule has 4 nitrogen and oxygen atoms in total. The molecule has 0 atom stereocenters. The summed E-state index contributed by atoms with van der Waals surface area (Å²) >= 11 is 0. The van der Waals surface area contributed by atoms with E-state index in [0.717, 1.165) is 27.9 Å². The summed E-state index contributed by atoms with van der Waals surface area (Å²) in [7, 11) is 0. The fourth-order valence-corrected chi connectivity index (χ4v) is 9.01. The van der Waals surface area contributed by atoms with Gasteiger partial charge in [-0.3, -0.25) is 0 Å². The van der Waals surface area contributed by atoms with Gasteiger partial charge in [-0.1, -0.05) is 166 Å². The lowest BCUT2D eigenvalue weighted by molar-refractivity contribution is 0.664. The first-order chi connectivity index (χ1) is 27.5. The molecule has 0 aliphatic heterocycles. The summed E-state index contributed by atoms with van der Waals surface area (Å²) in [5, 5.41) is 5.14. The average molecular weight is 717 g/mol. The highest BCUT2D eigenvalue weighted by Gasteiger charge is 2.40. The third kappa shape index (κ3) is 4.89. The number of hydrogen-bond acceptors (Lipinski definition) is 3. The molecule has 1 aliphatic carbocycles. The van der Waals surface area contributed by atoms with Gasteiger partial charge in [-0.25, -0.2) is 15.0 Å². The van der Waals surface area contributed by atoms with E-state index in [0.29, 0.717) is 17.5 Å². The van der Waals surface area contributed by atoms with Gasteiger partial charge in [0, 0.05) is 38.6 Å². The standard InChI is InChI=1S/C52H36N4/c1-52(2)43-23-13-11-21-41(43)45-39-19-9-10-20-40(39)46-42-22-12-14-24-44(42)56(48(46)47(45)52)38-31-29-37(30-32-38)51-54-49(35-17-7-4-8-18-35)53-50(55-51)36-27-25-34(26-28-36)33-15-5-3-6-16-33/h3-32H,1-2H3. The summed E-state index contributed by atoms with van der Waals surface area (Å²) in [6, 6.07) is 64.6. The number of fused-ring (bicyclic) bond motifs is 10. The molecule has 56 heavy (non-hydrogen) atoms. The molecule has 11 rings (SSSR count). The van der Waals surface area contributed by atoms with Gasteiger partial charge in [0.15, 0.2) is 17.5 Å². The zero-order chi connectivity index (χ0) is 37.4. The van der Waals surface area contributed by atoms with Gasteiger partial charge >= 0.3 is 0 Å².